The predicted molar refractivity (Wildman–Crippen MR) is 126 cm³/mol. The number of nitrogens with zero attached hydrogens (tertiary/aromatic N) is 2. The van der Waals surface area contributed by atoms with Gasteiger partial charge < -0.3 is 19.1 Å². The molecule has 0 bridgehead atoms. The molecule has 3 aromatic rings. The standard InChI is InChI=1S/C26H26N2O6/c1-14(2)16-6-8-17(9-7-16)23-22(24(29)18-10-11-19(32-4)20(13-18)33-5)25(30)26(31)28(23)21-12-15(3)34-27-21/h6-14,23,29H,1-5H3/t23-/m0/s1. The summed E-state index contributed by atoms with van der Waals surface area (Å²) in [5, 5.41) is 15.2. The Hall–Kier alpha value is -4.07. The van der Waals surface area contributed by atoms with Gasteiger partial charge in [0.05, 0.1) is 25.8 Å². The van der Waals surface area contributed by atoms with Crippen molar-refractivity contribution in [1.82, 2.24) is 5.16 Å². The van der Waals surface area contributed by atoms with Crippen molar-refractivity contribution in [2.45, 2.75) is 32.7 Å². The molecule has 0 aliphatic carbocycles. The lowest BCUT2D eigenvalue weighted by molar-refractivity contribution is -0.132. The number of carbonyl (C=O) groups excluding carboxylic acids is 2. The molecule has 0 unspecified atom stereocenters. The summed E-state index contributed by atoms with van der Waals surface area (Å²) in [6, 6.07) is 13.1. The maximum absolute atomic E-state index is 13.2. The summed E-state index contributed by atoms with van der Waals surface area (Å²) in [4.78, 5) is 27.6. The van der Waals surface area contributed by atoms with Crippen molar-refractivity contribution in [3.63, 3.8) is 0 Å². The molecule has 1 aromatic heterocycles. The first-order valence-corrected chi connectivity index (χ1v) is 10.8. The van der Waals surface area contributed by atoms with Crippen molar-refractivity contribution in [1.29, 1.82) is 0 Å². The van der Waals surface area contributed by atoms with Gasteiger partial charge in [-0.25, -0.2) is 0 Å². The van der Waals surface area contributed by atoms with Crippen LogP contribution in [0, 0.1) is 6.92 Å². The molecule has 1 aliphatic rings. The van der Waals surface area contributed by atoms with Crippen molar-refractivity contribution >= 4 is 23.3 Å². The van der Waals surface area contributed by atoms with Crippen LogP contribution in [-0.2, 0) is 9.59 Å². The molecular weight excluding hydrogens is 436 g/mol. The van der Waals surface area contributed by atoms with Gasteiger partial charge in [-0.2, -0.15) is 0 Å². The molecule has 2 heterocycles. The van der Waals surface area contributed by atoms with Gasteiger partial charge in [-0.05, 0) is 42.2 Å². The second-order valence-electron chi connectivity index (χ2n) is 8.36. The third-order valence-corrected chi connectivity index (χ3v) is 5.88. The van der Waals surface area contributed by atoms with Crippen LogP contribution in [0.5, 0.6) is 11.5 Å². The summed E-state index contributed by atoms with van der Waals surface area (Å²) in [6.45, 7) is 5.86. The number of carbonyl (C=O) groups is 2. The minimum Gasteiger partial charge on any atom is -0.507 e. The van der Waals surface area contributed by atoms with E-state index in [4.69, 9.17) is 14.0 Å². The Morgan fingerprint density at radius 3 is 2.26 bits per heavy atom. The van der Waals surface area contributed by atoms with E-state index >= 15 is 0 Å². The molecule has 1 fully saturated rings. The summed E-state index contributed by atoms with van der Waals surface area (Å²) >= 11 is 0. The number of aromatic nitrogens is 1. The third-order valence-electron chi connectivity index (χ3n) is 5.88. The first-order chi connectivity index (χ1) is 16.3. The highest BCUT2D eigenvalue weighted by Crippen LogP contribution is 2.43. The van der Waals surface area contributed by atoms with Gasteiger partial charge in [-0.15, -0.1) is 0 Å². The minimum atomic E-state index is -0.890. The van der Waals surface area contributed by atoms with E-state index in [-0.39, 0.29) is 17.2 Å². The number of hydrogen-bond donors (Lipinski definition) is 1. The number of ketones is 1. The number of ether oxygens (including phenoxy) is 2. The Labute approximate surface area is 197 Å². The van der Waals surface area contributed by atoms with Gasteiger partial charge in [0.15, 0.2) is 17.3 Å². The lowest BCUT2D eigenvalue weighted by Gasteiger charge is -2.23. The van der Waals surface area contributed by atoms with Crippen molar-refractivity contribution in [2.75, 3.05) is 19.1 Å². The van der Waals surface area contributed by atoms with E-state index in [2.05, 4.69) is 19.0 Å². The maximum atomic E-state index is 13.2. The molecule has 0 radical (unpaired) electrons. The fourth-order valence-corrected chi connectivity index (χ4v) is 4.05. The van der Waals surface area contributed by atoms with Crippen molar-refractivity contribution in [2.24, 2.45) is 0 Å². The highest BCUT2D eigenvalue weighted by molar-refractivity contribution is 6.51. The number of rotatable bonds is 6. The molecule has 8 heteroatoms. The highest BCUT2D eigenvalue weighted by Gasteiger charge is 2.48. The van der Waals surface area contributed by atoms with Gasteiger partial charge in [0.2, 0.25) is 0 Å². The fraction of sp³-hybridized carbons (Fsp3) is 0.269. The summed E-state index contributed by atoms with van der Waals surface area (Å²) in [6.07, 6.45) is 0. The lowest BCUT2D eigenvalue weighted by Crippen LogP contribution is -2.29. The Morgan fingerprint density at radius 2 is 1.71 bits per heavy atom. The monoisotopic (exact) mass is 462 g/mol. The Balaban J connectivity index is 1.92. The Bertz CT molecular complexity index is 1270. The maximum Gasteiger partial charge on any atom is 0.301 e. The summed E-state index contributed by atoms with van der Waals surface area (Å²) in [7, 11) is 2.98. The number of Topliss-reactive ketones (excluding diaryl/α,β-unsaturated/α-hetero) is 1. The average Bonchev–Trinajstić information content (AvgIpc) is 3.38. The van der Waals surface area contributed by atoms with Crippen LogP contribution in [0.4, 0.5) is 5.82 Å². The van der Waals surface area contributed by atoms with Crippen LogP contribution < -0.4 is 14.4 Å². The normalized spacial score (nSPS) is 17.5. The van der Waals surface area contributed by atoms with Crippen LogP contribution in [0.15, 0.2) is 58.6 Å². The molecule has 4 rings (SSSR count). The van der Waals surface area contributed by atoms with Gasteiger partial charge in [0, 0.05) is 11.6 Å². The zero-order valence-corrected chi connectivity index (χ0v) is 19.7. The molecule has 1 saturated heterocycles. The number of anilines is 1. The molecule has 1 amide bonds. The molecule has 34 heavy (non-hydrogen) atoms. The molecule has 8 nitrogen and oxygen atoms in total. The second kappa shape index (κ2) is 9.05. The second-order valence-corrected chi connectivity index (χ2v) is 8.36. The predicted octanol–water partition coefficient (Wildman–Crippen LogP) is 4.75. The van der Waals surface area contributed by atoms with Crippen molar-refractivity contribution in [3.05, 3.63) is 76.6 Å². The summed E-state index contributed by atoms with van der Waals surface area (Å²) in [5.74, 6) is -0.0804. The number of methoxy groups -OCH3 is 2. The zero-order chi connectivity index (χ0) is 24.6. The topological polar surface area (TPSA) is 102 Å². The van der Waals surface area contributed by atoms with Crippen LogP contribution in [-0.4, -0.2) is 36.2 Å². The van der Waals surface area contributed by atoms with Gasteiger partial charge in [0.1, 0.15) is 11.5 Å². The number of aliphatic hydroxyl groups is 1. The molecule has 1 N–H and O–H groups in total. The van der Waals surface area contributed by atoms with Crippen LogP contribution in [0.1, 0.15) is 48.3 Å². The first kappa shape index (κ1) is 23.1. The Morgan fingerprint density at radius 1 is 1.03 bits per heavy atom. The van der Waals surface area contributed by atoms with Crippen molar-refractivity contribution < 1.29 is 28.7 Å². The van der Waals surface area contributed by atoms with E-state index < -0.39 is 17.7 Å². The van der Waals surface area contributed by atoms with Gasteiger partial charge >= 0.3 is 5.91 Å². The Kier molecular flexibility index (Phi) is 6.15. The van der Waals surface area contributed by atoms with Crippen LogP contribution in [0.25, 0.3) is 5.76 Å². The number of aryl methyl sites for hydroxylation is 1. The van der Waals surface area contributed by atoms with Crippen LogP contribution in [0.2, 0.25) is 0 Å². The summed E-state index contributed by atoms with van der Waals surface area (Å²) < 4.78 is 15.8. The highest BCUT2D eigenvalue weighted by atomic mass is 16.5. The first-order valence-electron chi connectivity index (χ1n) is 10.8. The van der Waals surface area contributed by atoms with E-state index in [0.29, 0.717) is 34.3 Å². The van der Waals surface area contributed by atoms with Gasteiger partial charge in [-0.3, -0.25) is 14.5 Å². The average molecular weight is 463 g/mol. The van der Waals surface area contributed by atoms with Crippen molar-refractivity contribution in [3.8, 4) is 11.5 Å². The molecule has 2 aromatic carbocycles. The fourth-order valence-electron chi connectivity index (χ4n) is 4.05. The van der Waals surface area contributed by atoms with Gasteiger partial charge in [-0.1, -0.05) is 43.3 Å². The largest absolute Gasteiger partial charge is 0.507 e. The zero-order valence-electron chi connectivity index (χ0n) is 19.7. The minimum absolute atomic E-state index is 0.0461. The quantitative estimate of drug-likeness (QED) is 0.320. The SMILES string of the molecule is COc1ccc(C(O)=C2C(=O)C(=O)N(c3cc(C)on3)[C@H]2c2ccc(C(C)C)cc2)cc1OC. The molecular formula is C26H26N2O6. The van der Waals surface area contributed by atoms with E-state index in [1.807, 2.05) is 24.3 Å². The molecule has 0 spiro atoms. The third kappa shape index (κ3) is 3.91. The molecule has 1 aliphatic heterocycles. The molecule has 1 atom stereocenters. The smallest absolute Gasteiger partial charge is 0.301 e. The lowest BCUT2D eigenvalue weighted by atomic mass is 9.93. The van der Waals surface area contributed by atoms with Gasteiger partial charge in [0.25, 0.3) is 5.78 Å². The van der Waals surface area contributed by atoms with Crippen LogP contribution in [0.3, 0.4) is 0 Å². The summed E-state index contributed by atoms with van der Waals surface area (Å²) in [5.41, 5.74) is 2.04. The number of benzene rings is 2. The number of amides is 1. The number of hydrogen-bond acceptors (Lipinski definition) is 7. The van der Waals surface area contributed by atoms with E-state index in [9.17, 15) is 14.7 Å². The molecule has 176 valence electrons. The molecule has 0 saturated carbocycles. The van der Waals surface area contributed by atoms with Crippen LogP contribution >= 0.6 is 0 Å². The van der Waals surface area contributed by atoms with E-state index in [0.717, 1.165) is 5.56 Å². The van der Waals surface area contributed by atoms with E-state index in [1.165, 1.54) is 19.1 Å². The number of aliphatic hydroxyl groups excluding tert-OH is 1. The van der Waals surface area contributed by atoms with E-state index in [1.54, 1.807) is 31.2 Å².